The molecule has 1 aromatic heterocycles. The standard InChI is InChI=1S/C21H30N4O/c1-15-18(19-8-4-6-16-7-5-12-25(15)20(16)19)9-11-22-21(26)24-13-10-17(14-24)23(2)3/h4,6,8,17H,5,7,9-14H2,1-3H3,(H,22,26)/t17-/m1/s1. The van der Waals surface area contributed by atoms with E-state index in [9.17, 15) is 4.79 Å². The predicted molar refractivity (Wildman–Crippen MR) is 106 cm³/mol. The van der Waals surface area contributed by atoms with Crippen LogP contribution in [-0.2, 0) is 19.4 Å². The molecule has 2 amide bonds. The normalized spacial score (nSPS) is 19.5. The van der Waals surface area contributed by atoms with E-state index < -0.39 is 0 Å². The molecule has 2 aliphatic rings. The minimum atomic E-state index is 0.0840. The monoisotopic (exact) mass is 354 g/mol. The number of carbonyl (C=O) groups is 1. The number of amides is 2. The van der Waals surface area contributed by atoms with Gasteiger partial charge in [-0.1, -0.05) is 18.2 Å². The zero-order valence-electron chi connectivity index (χ0n) is 16.2. The first-order chi connectivity index (χ1) is 12.6. The van der Waals surface area contributed by atoms with Crippen molar-refractivity contribution in [3.63, 3.8) is 0 Å². The van der Waals surface area contributed by atoms with Crippen LogP contribution in [0.3, 0.4) is 0 Å². The smallest absolute Gasteiger partial charge is 0.317 e. The Morgan fingerprint density at radius 2 is 2.15 bits per heavy atom. The lowest BCUT2D eigenvalue weighted by Crippen LogP contribution is -2.41. The number of hydrogen-bond donors (Lipinski definition) is 1. The number of likely N-dealkylation sites (N-methyl/N-ethyl adjacent to an activating group) is 1. The van der Waals surface area contributed by atoms with Crippen LogP contribution >= 0.6 is 0 Å². The van der Waals surface area contributed by atoms with Gasteiger partial charge in [-0.15, -0.1) is 0 Å². The molecule has 5 heteroatoms. The molecule has 0 aliphatic carbocycles. The molecule has 0 radical (unpaired) electrons. The second kappa shape index (κ2) is 6.95. The van der Waals surface area contributed by atoms with E-state index in [0.717, 1.165) is 32.5 Å². The van der Waals surface area contributed by atoms with Crippen LogP contribution < -0.4 is 5.32 Å². The van der Waals surface area contributed by atoms with Crippen molar-refractivity contribution in [2.45, 2.75) is 45.2 Å². The molecule has 1 N–H and O–H groups in total. The fourth-order valence-corrected chi connectivity index (χ4v) is 4.66. The van der Waals surface area contributed by atoms with E-state index in [0.29, 0.717) is 12.6 Å². The average Bonchev–Trinajstić information content (AvgIpc) is 3.23. The van der Waals surface area contributed by atoms with Gasteiger partial charge in [0.1, 0.15) is 0 Å². The minimum absolute atomic E-state index is 0.0840. The first kappa shape index (κ1) is 17.4. The summed E-state index contributed by atoms with van der Waals surface area (Å²) < 4.78 is 2.48. The Labute approximate surface area is 155 Å². The van der Waals surface area contributed by atoms with Gasteiger partial charge in [0.05, 0.1) is 5.52 Å². The van der Waals surface area contributed by atoms with Crippen molar-refractivity contribution in [2.24, 2.45) is 0 Å². The number of benzene rings is 1. The van der Waals surface area contributed by atoms with E-state index in [1.165, 1.54) is 40.6 Å². The lowest BCUT2D eigenvalue weighted by atomic mass is 10.0. The van der Waals surface area contributed by atoms with Crippen molar-refractivity contribution in [1.29, 1.82) is 0 Å². The van der Waals surface area contributed by atoms with E-state index in [4.69, 9.17) is 0 Å². The predicted octanol–water partition coefficient (Wildman–Crippen LogP) is 2.78. The largest absolute Gasteiger partial charge is 0.344 e. The van der Waals surface area contributed by atoms with Crippen LogP contribution in [0.5, 0.6) is 0 Å². The van der Waals surface area contributed by atoms with Crippen LogP contribution in [0.4, 0.5) is 4.79 Å². The molecule has 0 spiro atoms. The second-order valence-corrected chi connectivity index (χ2v) is 7.97. The van der Waals surface area contributed by atoms with Crippen LogP contribution in [0, 0.1) is 6.92 Å². The van der Waals surface area contributed by atoms with Gasteiger partial charge in [0.25, 0.3) is 0 Å². The fraction of sp³-hybridized carbons (Fsp3) is 0.571. The Morgan fingerprint density at radius 3 is 2.92 bits per heavy atom. The molecule has 0 saturated carbocycles. The minimum Gasteiger partial charge on any atom is -0.344 e. The lowest BCUT2D eigenvalue weighted by Gasteiger charge is -2.20. The molecular formula is C21H30N4O. The molecule has 0 bridgehead atoms. The highest BCUT2D eigenvalue weighted by molar-refractivity contribution is 5.88. The molecule has 140 valence electrons. The quantitative estimate of drug-likeness (QED) is 0.917. The number of nitrogens with one attached hydrogen (secondary N) is 1. The average molecular weight is 354 g/mol. The Morgan fingerprint density at radius 1 is 1.31 bits per heavy atom. The summed E-state index contributed by atoms with van der Waals surface area (Å²) in [5.41, 5.74) is 5.66. The first-order valence-electron chi connectivity index (χ1n) is 9.85. The molecule has 5 nitrogen and oxygen atoms in total. The van der Waals surface area contributed by atoms with Crippen molar-refractivity contribution >= 4 is 16.9 Å². The first-order valence-corrected chi connectivity index (χ1v) is 9.85. The number of nitrogens with zero attached hydrogens (tertiary/aromatic N) is 3. The Balaban J connectivity index is 1.42. The van der Waals surface area contributed by atoms with Crippen LogP contribution in [0.15, 0.2) is 18.2 Å². The summed E-state index contributed by atoms with van der Waals surface area (Å²) in [6.07, 6.45) is 4.37. The summed E-state index contributed by atoms with van der Waals surface area (Å²) in [5, 5.41) is 4.52. The second-order valence-electron chi connectivity index (χ2n) is 7.97. The number of aromatic nitrogens is 1. The highest BCUT2D eigenvalue weighted by Gasteiger charge is 2.27. The maximum Gasteiger partial charge on any atom is 0.317 e. The van der Waals surface area contributed by atoms with Crippen LogP contribution in [0.25, 0.3) is 10.9 Å². The van der Waals surface area contributed by atoms with Gasteiger partial charge in [-0.05, 0) is 57.8 Å². The molecule has 0 unspecified atom stereocenters. The van der Waals surface area contributed by atoms with Gasteiger partial charge in [0.15, 0.2) is 0 Å². The highest BCUT2D eigenvalue weighted by atomic mass is 16.2. The van der Waals surface area contributed by atoms with Crippen LogP contribution in [-0.4, -0.2) is 60.2 Å². The van der Waals surface area contributed by atoms with Crippen molar-refractivity contribution in [1.82, 2.24) is 19.7 Å². The summed E-state index contributed by atoms with van der Waals surface area (Å²) >= 11 is 0. The summed E-state index contributed by atoms with van der Waals surface area (Å²) in [6.45, 7) is 5.74. The number of aryl methyl sites for hydroxylation is 2. The van der Waals surface area contributed by atoms with E-state index in [-0.39, 0.29) is 6.03 Å². The number of rotatable bonds is 4. The topological polar surface area (TPSA) is 40.5 Å². The van der Waals surface area contributed by atoms with Crippen molar-refractivity contribution in [3.8, 4) is 0 Å². The number of hydrogen-bond acceptors (Lipinski definition) is 2. The summed E-state index contributed by atoms with van der Waals surface area (Å²) in [5.74, 6) is 0. The lowest BCUT2D eigenvalue weighted by molar-refractivity contribution is 0.203. The molecular weight excluding hydrogens is 324 g/mol. The summed E-state index contributed by atoms with van der Waals surface area (Å²) in [6, 6.07) is 7.26. The van der Waals surface area contributed by atoms with E-state index in [1.807, 2.05) is 4.90 Å². The zero-order chi connectivity index (χ0) is 18.3. The molecule has 26 heavy (non-hydrogen) atoms. The van der Waals surface area contributed by atoms with Gasteiger partial charge in [-0.25, -0.2) is 4.79 Å². The molecule has 4 rings (SSSR count). The molecule has 2 aliphatic heterocycles. The van der Waals surface area contributed by atoms with E-state index in [2.05, 4.69) is 54.0 Å². The van der Waals surface area contributed by atoms with Crippen LogP contribution in [0.2, 0.25) is 0 Å². The van der Waals surface area contributed by atoms with Crippen molar-refractivity contribution in [2.75, 3.05) is 33.7 Å². The van der Waals surface area contributed by atoms with E-state index in [1.54, 1.807) is 0 Å². The third kappa shape index (κ3) is 2.98. The molecule has 1 saturated heterocycles. The van der Waals surface area contributed by atoms with Gasteiger partial charge < -0.3 is 19.7 Å². The summed E-state index contributed by atoms with van der Waals surface area (Å²) in [7, 11) is 4.18. The fourth-order valence-electron chi connectivity index (χ4n) is 4.66. The molecule has 1 fully saturated rings. The number of carbonyl (C=O) groups excluding carboxylic acids is 1. The van der Waals surface area contributed by atoms with E-state index >= 15 is 0 Å². The maximum absolute atomic E-state index is 12.5. The van der Waals surface area contributed by atoms with Gasteiger partial charge in [-0.2, -0.15) is 0 Å². The molecule has 2 aromatic rings. The molecule has 1 aromatic carbocycles. The molecule has 3 heterocycles. The zero-order valence-corrected chi connectivity index (χ0v) is 16.2. The number of urea groups is 1. The highest BCUT2D eigenvalue weighted by Crippen LogP contribution is 2.32. The Bertz CT molecular complexity index is 823. The van der Waals surface area contributed by atoms with Crippen molar-refractivity contribution in [3.05, 3.63) is 35.0 Å². The maximum atomic E-state index is 12.5. The SMILES string of the molecule is Cc1c(CCNC(=O)N2CC[C@@H](N(C)C)C2)c2cccc3c2n1CCC3. The Kier molecular flexibility index (Phi) is 4.65. The third-order valence-electron chi connectivity index (χ3n) is 6.22. The molecule has 1 atom stereocenters. The van der Waals surface area contributed by atoms with Crippen LogP contribution in [0.1, 0.15) is 29.7 Å². The number of para-hydroxylation sites is 1. The van der Waals surface area contributed by atoms with Gasteiger partial charge in [0.2, 0.25) is 0 Å². The van der Waals surface area contributed by atoms with Gasteiger partial charge >= 0.3 is 6.03 Å². The third-order valence-corrected chi connectivity index (χ3v) is 6.22. The van der Waals surface area contributed by atoms with Crippen molar-refractivity contribution < 1.29 is 4.79 Å². The van der Waals surface area contributed by atoms with Gasteiger partial charge in [-0.3, -0.25) is 0 Å². The number of likely N-dealkylation sites (tertiary alicyclic amines) is 1. The summed E-state index contributed by atoms with van der Waals surface area (Å²) in [4.78, 5) is 16.6. The Hall–Kier alpha value is -2.01. The van der Waals surface area contributed by atoms with Gasteiger partial charge in [0, 0.05) is 43.3 Å².